The number of aryl methyl sites for hydroxylation is 1. The lowest BCUT2D eigenvalue weighted by Crippen LogP contribution is -2.46. The molecule has 0 saturated carbocycles. The summed E-state index contributed by atoms with van der Waals surface area (Å²) in [5, 5.41) is 3.96. The maximum Gasteiger partial charge on any atom is 0.326 e. The van der Waals surface area contributed by atoms with Crippen LogP contribution in [-0.2, 0) is 22.4 Å². The van der Waals surface area contributed by atoms with Gasteiger partial charge in [-0.25, -0.2) is 4.79 Å². The van der Waals surface area contributed by atoms with Crippen molar-refractivity contribution in [3.05, 3.63) is 63.0 Å². The maximum atomic E-state index is 14.1. The van der Waals surface area contributed by atoms with Crippen LogP contribution in [0.3, 0.4) is 0 Å². The van der Waals surface area contributed by atoms with Crippen LogP contribution in [0.5, 0.6) is 0 Å². The van der Waals surface area contributed by atoms with Crippen molar-refractivity contribution < 1.29 is 9.59 Å². The Hall–Kier alpha value is -3.30. The minimum atomic E-state index is -0.466. The fraction of sp³-hybridized carbons (Fsp3) is 0.571. The van der Waals surface area contributed by atoms with Crippen LogP contribution in [0.15, 0.2) is 41.2 Å². The Balaban J connectivity index is 1.14. The van der Waals surface area contributed by atoms with Crippen LogP contribution in [0.4, 0.5) is 5.69 Å². The average molecular weight is 635 g/mol. The quantitative estimate of drug-likeness (QED) is 0.309. The van der Waals surface area contributed by atoms with Gasteiger partial charge in [0.2, 0.25) is 11.8 Å². The molecule has 4 N–H and O–H groups in total. The first kappa shape index (κ1) is 31.7. The van der Waals surface area contributed by atoms with E-state index in [1.807, 2.05) is 57.7 Å². The van der Waals surface area contributed by atoms with E-state index in [4.69, 9.17) is 17.3 Å². The second kappa shape index (κ2) is 14.0. The molecule has 2 amide bonds. The van der Waals surface area contributed by atoms with Gasteiger partial charge in [-0.3, -0.25) is 14.2 Å². The number of para-hydroxylation sites is 2. The number of hydrogen-bond acceptors (Lipinski definition) is 5. The number of anilines is 1. The number of hydrogen-bond donors (Lipinski definition) is 3. The molecule has 3 saturated heterocycles. The molecule has 0 radical (unpaired) electrons. The number of likely N-dealkylation sites (tertiary alicyclic amines) is 2. The molecule has 242 valence electrons. The highest BCUT2D eigenvalue weighted by Crippen LogP contribution is 2.33. The molecule has 1 atom stereocenters. The highest BCUT2D eigenvalue weighted by molar-refractivity contribution is 6.33. The molecule has 3 fully saturated rings. The van der Waals surface area contributed by atoms with Crippen molar-refractivity contribution in [2.24, 2.45) is 17.8 Å². The van der Waals surface area contributed by atoms with Crippen LogP contribution < -0.4 is 16.7 Å². The molecule has 2 aromatic carbocycles. The monoisotopic (exact) mass is 634 g/mol. The molecule has 0 aliphatic carbocycles. The van der Waals surface area contributed by atoms with E-state index in [9.17, 15) is 14.4 Å². The second-order valence-electron chi connectivity index (χ2n) is 13.3. The number of nitrogen functional groups attached to an aromatic ring is 1. The van der Waals surface area contributed by atoms with Gasteiger partial charge >= 0.3 is 5.69 Å². The Morgan fingerprint density at radius 3 is 2.33 bits per heavy atom. The largest absolute Gasteiger partial charge is 0.397 e. The Kier molecular flexibility index (Phi) is 9.85. The van der Waals surface area contributed by atoms with Gasteiger partial charge in [-0.15, -0.1) is 0 Å². The van der Waals surface area contributed by atoms with Crippen LogP contribution in [0.2, 0.25) is 5.02 Å². The van der Waals surface area contributed by atoms with Crippen molar-refractivity contribution in [3.8, 4) is 0 Å². The molecule has 3 aliphatic rings. The lowest BCUT2D eigenvalue weighted by atomic mass is 9.79. The van der Waals surface area contributed by atoms with Crippen molar-refractivity contribution in [2.45, 2.75) is 70.8 Å². The lowest BCUT2D eigenvalue weighted by Gasteiger charge is -2.39. The summed E-state index contributed by atoms with van der Waals surface area (Å²) in [4.78, 5) is 47.5. The number of imidazole rings is 1. The Morgan fingerprint density at radius 2 is 1.62 bits per heavy atom. The number of H-pyrrole nitrogens is 1. The van der Waals surface area contributed by atoms with Gasteiger partial charge in [-0.2, -0.15) is 0 Å². The molecule has 0 bridgehead atoms. The number of benzene rings is 2. The van der Waals surface area contributed by atoms with Crippen molar-refractivity contribution in [2.75, 3.05) is 45.0 Å². The molecule has 10 heteroatoms. The first-order chi connectivity index (χ1) is 21.8. The summed E-state index contributed by atoms with van der Waals surface area (Å²) in [6, 6.07) is 11.7. The molecule has 3 aliphatic heterocycles. The zero-order valence-corrected chi connectivity index (χ0v) is 27.2. The topological polar surface area (TPSA) is 116 Å². The Labute approximate surface area is 270 Å². The summed E-state index contributed by atoms with van der Waals surface area (Å²) in [5.41, 5.74) is 10.3. The summed E-state index contributed by atoms with van der Waals surface area (Å²) < 4.78 is 1.84. The van der Waals surface area contributed by atoms with E-state index in [-0.39, 0.29) is 30.0 Å². The minimum absolute atomic E-state index is 0.0000721. The van der Waals surface area contributed by atoms with Gasteiger partial charge in [0.05, 0.1) is 27.7 Å². The first-order valence-electron chi connectivity index (χ1n) is 16.9. The van der Waals surface area contributed by atoms with Gasteiger partial charge in [-0.1, -0.05) is 36.7 Å². The fourth-order valence-corrected chi connectivity index (χ4v) is 8.26. The standard InChI is InChI=1S/C35H47ClN6O3/c1-2-24-19-23(21-29(36)33(24)37)20-27(34(44)41-15-9-26(10-16-41)25-7-13-38-14-8-25)22-32(43)40-17-11-28(12-18-40)42-31-6-4-3-5-30(31)39-35(42)45/h3-6,19,21,25-28,38H,2,7-18,20,22,37H2,1H3,(H,39,45)/t27-/m0/s1. The van der Waals surface area contributed by atoms with Crippen molar-refractivity contribution in [3.63, 3.8) is 0 Å². The van der Waals surface area contributed by atoms with Crippen LogP contribution in [0, 0.1) is 17.8 Å². The number of aromatic amines is 1. The van der Waals surface area contributed by atoms with Crippen LogP contribution in [0.25, 0.3) is 11.0 Å². The normalized spacial score (nSPS) is 19.7. The average Bonchev–Trinajstić information content (AvgIpc) is 3.41. The molecule has 3 aromatic rings. The fourth-order valence-electron chi connectivity index (χ4n) is 7.99. The summed E-state index contributed by atoms with van der Waals surface area (Å²) in [6.07, 6.45) is 7.26. The Morgan fingerprint density at radius 1 is 0.956 bits per heavy atom. The maximum absolute atomic E-state index is 14.1. The molecule has 45 heavy (non-hydrogen) atoms. The number of nitrogens with two attached hydrogens (primary N) is 1. The van der Waals surface area contributed by atoms with Gasteiger partial charge in [-0.05, 0) is 106 Å². The summed E-state index contributed by atoms with van der Waals surface area (Å²) in [7, 11) is 0. The van der Waals surface area contributed by atoms with E-state index in [1.54, 1.807) is 0 Å². The van der Waals surface area contributed by atoms with Gasteiger partial charge in [0, 0.05) is 38.6 Å². The summed E-state index contributed by atoms with van der Waals surface area (Å²) in [5.74, 6) is 1.02. The molecule has 4 heterocycles. The van der Waals surface area contributed by atoms with Gasteiger partial charge < -0.3 is 25.8 Å². The van der Waals surface area contributed by atoms with E-state index in [2.05, 4.69) is 10.3 Å². The molecular weight excluding hydrogens is 588 g/mol. The SMILES string of the molecule is CCc1cc(C[C@@H](CC(=O)N2CCC(n3c(=O)[nH]c4ccccc43)CC2)C(=O)N2CCC(C3CCNCC3)CC2)cc(Cl)c1N. The number of amides is 2. The predicted molar refractivity (Wildman–Crippen MR) is 179 cm³/mol. The molecule has 1 aromatic heterocycles. The number of aromatic nitrogens is 2. The molecular formula is C35H47ClN6O3. The number of fused-ring (bicyclic) bond motifs is 1. The van der Waals surface area contributed by atoms with Gasteiger partial charge in [0.25, 0.3) is 0 Å². The first-order valence-corrected chi connectivity index (χ1v) is 17.2. The van der Waals surface area contributed by atoms with E-state index >= 15 is 0 Å². The van der Waals surface area contributed by atoms with Crippen molar-refractivity contribution in [1.82, 2.24) is 24.7 Å². The zero-order chi connectivity index (χ0) is 31.5. The molecule has 0 unspecified atom stereocenters. The van der Waals surface area contributed by atoms with E-state index in [0.717, 1.165) is 73.5 Å². The highest BCUT2D eigenvalue weighted by Gasteiger charge is 2.35. The smallest absolute Gasteiger partial charge is 0.326 e. The second-order valence-corrected chi connectivity index (χ2v) is 13.7. The van der Waals surface area contributed by atoms with Crippen molar-refractivity contribution >= 4 is 40.1 Å². The van der Waals surface area contributed by atoms with Gasteiger partial charge in [0.15, 0.2) is 0 Å². The third-order valence-electron chi connectivity index (χ3n) is 10.6. The van der Waals surface area contributed by atoms with Crippen molar-refractivity contribution in [1.29, 1.82) is 0 Å². The Bertz CT molecular complexity index is 1560. The third kappa shape index (κ3) is 6.94. The highest BCUT2D eigenvalue weighted by atomic mass is 35.5. The number of piperidine rings is 3. The number of halogens is 1. The number of rotatable bonds is 8. The number of carbonyl (C=O) groups is 2. The number of nitrogens with one attached hydrogen (secondary N) is 2. The minimum Gasteiger partial charge on any atom is -0.397 e. The van der Waals surface area contributed by atoms with E-state index in [0.29, 0.717) is 49.0 Å². The van der Waals surface area contributed by atoms with Crippen LogP contribution in [-0.4, -0.2) is 70.4 Å². The van der Waals surface area contributed by atoms with Crippen LogP contribution in [0.1, 0.15) is 69.0 Å². The number of nitrogens with zero attached hydrogens (tertiary/aromatic N) is 3. The van der Waals surface area contributed by atoms with E-state index in [1.165, 1.54) is 12.8 Å². The third-order valence-corrected chi connectivity index (χ3v) is 10.9. The lowest BCUT2D eigenvalue weighted by molar-refractivity contribution is -0.143. The summed E-state index contributed by atoms with van der Waals surface area (Å²) in [6.45, 7) is 6.86. The molecule has 0 spiro atoms. The summed E-state index contributed by atoms with van der Waals surface area (Å²) >= 11 is 6.50. The zero-order valence-electron chi connectivity index (χ0n) is 26.4. The molecule has 9 nitrogen and oxygen atoms in total. The van der Waals surface area contributed by atoms with E-state index < -0.39 is 5.92 Å². The van der Waals surface area contributed by atoms with Gasteiger partial charge in [0.1, 0.15) is 0 Å². The number of carbonyl (C=O) groups excluding carboxylic acids is 2. The predicted octanol–water partition coefficient (Wildman–Crippen LogP) is 4.78. The molecule has 6 rings (SSSR count). The van der Waals surface area contributed by atoms with Crippen LogP contribution >= 0.6 is 11.6 Å².